The third-order valence-corrected chi connectivity index (χ3v) is 3.74. The number of nitrogens with one attached hydrogen (secondary N) is 1. The molecule has 0 amide bonds. The molecule has 0 atom stereocenters. The average Bonchev–Trinajstić information content (AvgIpc) is 2.68. The number of benzene rings is 2. The first kappa shape index (κ1) is 19.4. The van der Waals surface area contributed by atoms with E-state index in [-0.39, 0.29) is 0 Å². The summed E-state index contributed by atoms with van der Waals surface area (Å²) >= 11 is 0. The molecule has 0 aromatic heterocycles. The van der Waals surface area contributed by atoms with Crippen LogP contribution < -0.4 is 25.3 Å². The van der Waals surface area contributed by atoms with E-state index < -0.39 is 0 Å². The molecule has 0 aliphatic heterocycles. The maximum absolute atomic E-state index is 5.87. The van der Waals surface area contributed by atoms with Gasteiger partial charge in [0.1, 0.15) is 17.2 Å². The Morgan fingerprint density at radius 2 is 1.65 bits per heavy atom. The molecule has 2 aromatic rings. The summed E-state index contributed by atoms with van der Waals surface area (Å²) in [7, 11) is 3.22. The van der Waals surface area contributed by atoms with Crippen molar-refractivity contribution in [3.63, 3.8) is 0 Å². The average molecular weight is 357 g/mol. The molecule has 0 unspecified atom stereocenters. The topological polar surface area (TPSA) is 78.1 Å². The second kappa shape index (κ2) is 10.9. The van der Waals surface area contributed by atoms with Gasteiger partial charge in [-0.1, -0.05) is 30.3 Å². The second-order valence-electron chi connectivity index (χ2n) is 5.68. The van der Waals surface area contributed by atoms with Gasteiger partial charge in [0, 0.05) is 37.7 Å². The van der Waals surface area contributed by atoms with E-state index in [1.165, 1.54) is 5.56 Å². The van der Waals surface area contributed by atoms with Crippen LogP contribution in [-0.2, 0) is 6.42 Å². The molecule has 0 spiro atoms. The molecule has 0 aliphatic rings. The Morgan fingerprint density at radius 3 is 2.31 bits per heavy atom. The van der Waals surface area contributed by atoms with Gasteiger partial charge in [-0.05, 0) is 12.0 Å². The maximum atomic E-state index is 5.87. The molecular weight excluding hydrogens is 330 g/mol. The molecule has 140 valence electrons. The summed E-state index contributed by atoms with van der Waals surface area (Å²) < 4.78 is 16.2. The summed E-state index contributed by atoms with van der Waals surface area (Å²) in [5.41, 5.74) is 7.15. The van der Waals surface area contributed by atoms with E-state index >= 15 is 0 Å². The van der Waals surface area contributed by atoms with E-state index in [9.17, 15) is 0 Å². The molecule has 0 heterocycles. The second-order valence-corrected chi connectivity index (χ2v) is 5.68. The molecule has 0 aliphatic carbocycles. The number of guanidine groups is 1. The van der Waals surface area contributed by atoms with Gasteiger partial charge in [-0.25, -0.2) is 0 Å². The number of nitrogens with zero attached hydrogens (tertiary/aromatic N) is 1. The van der Waals surface area contributed by atoms with Gasteiger partial charge in [0.15, 0.2) is 5.96 Å². The molecule has 6 nitrogen and oxygen atoms in total. The zero-order chi connectivity index (χ0) is 18.6. The van der Waals surface area contributed by atoms with Crippen LogP contribution in [0.1, 0.15) is 12.0 Å². The molecule has 0 bridgehead atoms. The van der Waals surface area contributed by atoms with Gasteiger partial charge in [-0.3, -0.25) is 4.99 Å². The summed E-state index contributed by atoms with van der Waals surface area (Å²) in [6, 6.07) is 15.7. The van der Waals surface area contributed by atoms with Crippen LogP contribution in [0.2, 0.25) is 0 Å². The summed E-state index contributed by atoms with van der Waals surface area (Å²) in [5.74, 6) is 2.57. The van der Waals surface area contributed by atoms with Crippen LogP contribution in [0.15, 0.2) is 53.5 Å². The summed E-state index contributed by atoms with van der Waals surface area (Å²) in [6.45, 7) is 1.90. The minimum atomic E-state index is 0.462. The number of methoxy groups -OCH3 is 2. The first-order valence-corrected chi connectivity index (χ1v) is 8.65. The molecular formula is C20H27N3O3. The number of ether oxygens (including phenoxy) is 3. The molecule has 0 saturated carbocycles. The summed E-state index contributed by atoms with van der Waals surface area (Å²) in [6.07, 6.45) is 1.68. The van der Waals surface area contributed by atoms with E-state index in [1.54, 1.807) is 20.3 Å². The Morgan fingerprint density at radius 1 is 1.00 bits per heavy atom. The summed E-state index contributed by atoms with van der Waals surface area (Å²) in [4.78, 5) is 4.31. The highest BCUT2D eigenvalue weighted by Gasteiger charge is 2.02. The third kappa shape index (κ3) is 6.93. The van der Waals surface area contributed by atoms with Crippen LogP contribution in [-0.4, -0.2) is 39.9 Å². The molecule has 2 aromatic carbocycles. The van der Waals surface area contributed by atoms with Crippen LogP contribution >= 0.6 is 0 Å². The Kier molecular flexibility index (Phi) is 8.12. The van der Waals surface area contributed by atoms with Crippen LogP contribution in [0.4, 0.5) is 0 Å². The number of hydrogen-bond acceptors (Lipinski definition) is 4. The van der Waals surface area contributed by atoms with Gasteiger partial charge < -0.3 is 25.3 Å². The van der Waals surface area contributed by atoms with Gasteiger partial charge in [0.05, 0.1) is 20.8 Å². The first-order valence-electron chi connectivity index (χ1n) is 8.65. The van der Waals surface area contributed by atoms with Gasteiger partial charge in [0.2, 0.25) is 0 Å². The fourth-order valence-corrected chi connectivity index (χ4v) is 2.35. The Labute approximate surface area is 155 Å². The molecule has 6 heteroatoms. The zero-order valence-corrected chi connectivity index (χ0v) is 15.4. The highest BCUT2D eigenvalue weighted by Crippen LogP contribution is 2.27. The summed E-state index contributed by atoms with van der Waals surface area (Å²) in [5, 5.41) is 3.12. The fraction of sp³-hybridized carbons (Fsp3) is 0.350. The van der Waals surface area contributed by atoms with Crippen LogP contribution in [0.25, 0.3) is 0 Å². The lowest BCUT2D eigenvalue weighted by Gasteiger charge is -2.10. The van der Waals surface area contributed by atoms with E-state index in [0.29, 0.717) is 36.4 Å². The van der Waals surface area contributed by atoms with Crippen molar-refractivity contribution in [2.75, 3.05) is 33.9 Å². The quantitative estimate of drug-likeness (QED) is 0.388. The number of hydrogen-bond donors (Lipinski definition) is 2. The van der Waals surface area contributed by atoms with Crippen LogP contribution in [0, 0.1) is 0 Å². The molecule has 2 rings (SSSR count). The highest BCUT2D eigenvalue weighted by atomic mass is 16.5. The largest absolute Gasteiger partial charge is 0.496 e. The normalized spacial score (nSPS) is 11.1. The predicted molar refractivity (Wildman–Crippen MR) is 104 cm³/mol. The van der Waals surface area contributed by atoms with Crippen LogP contribution in [0.5, 0.6) is 17.2 Å². The van der Waals surface area contributed by atoms with Crippen molar-refractivity contribution in [2.24, 2.45) is 10.7 Å². The van der Waals surface area contributed by atoms with Crippen molar-refractivity contribution in [3.8, 4) is 17.2 Å². The van der Waals surface area contributed by atoms with E-state index in [4.69, 9.17) is 19.9 Å². The molecule has 0 saturated heterocycles. The van der Waals surface area contributed by atoms with Crippen LogP contribution in [0.3, 0.4) is 0 Å². The Balaban J connectivity index is 1.65. The lowest BCUT2D eigenvalue weighted by atomic mass is 10.1. The highest BCUT2D eigenvalue weighted by molar-refractivity contribution is 5.77. The third-order valence-electron chi connectivity index (χ3n) is 3.74. The smallest absolute Gasteiger partial charge is 0.188 e. The van der Waals surface area contributed by atoms with Crippen molar-refractivity contribution >= 4 is 5.96 Å². The van der Waals surface area contributed by atoms with E-state index in [0.717, 1.165) is 19.4 Å². The Bertz CT molecular complexity index is 668. The molecule has 0 radical (unpaired) electrons. The fourth-order valence-electron chi connectivity index (χ4n) is 2.35. The lowest BCUT2D eigenvalue weighted by molar-refractivity contribution is 0.307. The Hall–Kier alpha value is -2.89. The van der Waals surface area contributed by atoms with Gasteiger partial charge in [0.25, 0.3) is 0 Å². The minimum absolute atomic E-state index is 0.462. The molecule has 0 fully saturated rings. The van der Waals surface area contributed by atoms with Crippen molar-refractivity contribution in [1.82, 2.24) is 5.32 Å². The molecule has 26 heavy (non-hydrogen) atoms. The van der Waals surface area contributed by atoms with Gasteiger partial charge >= 0.3 is 0 Å². The number of aliphatic imine (C=N–C) groups is 1. The molecule has 3 N–H and O–H groups in total. The van der Waals surface area contributed by atoms with Gasteiger partial charge in [-0.2, -0.15) is 0 Å². The standard InChI is InChI=1S/C20H27N3O3/c1-24-17-13-18(25-2)15-19(14-17)26-12-6-10-22-20(21)23-11-9-16-7-4-3-5-8-16/h3-5,7-8,13-15H,6,9-12H2,1-2H3,(H3,21,22,23). The van der Waals surface area contributed by atoms with Crippen molar-refractivity contribution in [3.05, 3.63) is 54.1 Å². The SMILES string of the molecule is COc1cc(OC)cc(OCCCN=C(N)NCCc2ccccc2)c1. The predicted octanol–water partition coefficient (Wildman–Crippen LogP) is 2.62. The lowest BCUT2D eigenvalue weighted by Crippen LogP contribution is -2.33. The minimum Gasteiger partial charge on any atom is -0.496 e. The van der Waals surface area contributed by atoms with E-state index in [2.05, 4.69) is 22.4 Å². The van der Waals surface area contributed by atoms with E-state index in [1.807, 2.05) is 30.3 Å². The zero-order valence-electron chi connectivity index (χ0n) is 15.4. The maximum Gasteiger partial charge on any atom is 0.188 e. The monoisotopic (exact) mass is 357 g/mol. The van der Waals surface area contributed by atoms with Crippen molar-refractivity contribution in [1.29, 1.82) is 0 Å². The van der Waals surface area contributed by atoms with Gasteiger partial charge in [-0.15, -0.1) is 0 Å². The van der Waals surface area contributed by atoms with Crippen molar-refractivity contribution in [2.45, 2.75) is 12.8 Å². The number of rotatable bonds is 10. The van der Waals surface area contributed by atoms with Crippen molar-refractivity contribution < 1.29 is 14.2 Å². The number of nitrogens with two attached hydrogens (primary N) is 1. The first-order chi connectivity index (χ1) is 12.7.